The van der Waals surface area contributed by atoms with Crippen LogP contribution in [0.1, 0.15) is 59.8 Å². The zero-order chi connectivity index (χ0) is 31.3. The Kier molecular flexibility index (Phi) is 11.0. The molecule has 1 spiro atoms. The van der Waals surface area contributed by atoms with E-state index in [0.29, 0.717) is 32.7 Å². The molecule has 0 radical (unpaired) electrons. The van der Waals surface area contributed by atoms with Crippen LogP contribution in [-0.4, -0.2) is 87.6 Å². The molecule has 8 nitrogen and oxygen atoms in total. The van der Waals surface area contributed by atoms with Crippen molar-refractivity contribution in [1.29, 1.82) is 0 Å². The number of aliphatic hydroxyl groups excluding tert-OH is 1. The fraction of sp³-hybridized carbons (Fsp3) is 0.618. The van der Waals surface area contributed by atoms with E-state index in [1.54, 1.807) is 33.7 Å². The van der Waals surface area contributed by atoms with Gasteiger partial charge in [-0.25, -0.2) is 0 Å². The fourth-order valence-electron chi connectivity index (χ4n) is 7.31. The normalized spacial score (nSPS) is 27.0. The van der Waals surface area contributed by atoms with Gasteiger partial charge in [0.15, 0.2) is 0 Å². The molecule has 3 heterocycles. The summed E-state index contributed by atoms with van der Waals surface area (Å²) in [5.41, 5.74) is 0.717. The van der Waals surface area contributed by atoms with Crippen molar-refractivity contribution in [3.8, 4) is 5.75 Å². The predicted molar refractivity (Wildman–Crippen MR) is 173 cm³/mol. The van der Waals surface area contributed by atoms with E-state index in [9.17, 15) is 19.5 Å². The van der Waals surface area contributed by atoms with Gasteiger partial charge in [-0.2, -0.15) is 0 Å². The van der Waals surface area contributed by atoms with Crippen LogP contribution in [0.25, 0.3) is 0 Å². The second-order valence-corrected chi connectivity index (χ2v) is 13.6. The number of fused-ring (bicyclic) bond motifs is 1. The maximum Gasteiger partial charge on any atom is 0.247 e. The van der Waals surface area contributed by atoms with Gasteiger partial charge in [-0.3, -0.25) is 14.4 Å². The molecule has 3 amide bonds. The van der Waals surface area contributed by atoms with E-state index in [2.05, 4.69) is 20.1 Å². The van der Waals surface area contributed by atoms with Crippen LogP contribution >= 0.6 is 11.8 Å². The van der Waals surface area contributed by atoms with E-state index < -0.39 is 28.7 Å². The Labute approximate surface area is 261 Å². The van der Waals surface area contributed by atoms with Gasteiger partial charge in [0.25, 0.3) is 0 Å². The maximum absolute atomic E-state index is 14.7. The molecule has 1 N–H and O–H groups in total. The number of hydrogen-bond donors (Lipinski definition) is 1. The minimum absolute atomic E-state index is 0.0135. The van der Waals surface area contributed by atoms with Gasteiger partial charge in [0, 0.05) is 30.6 Å². The number of anilines is 1. The molecule has 3 aliphatic heterocycles. The number of unbranched alkanes of at least 4 members (excludes halogenated alkanes) is 1. The highest BCUT2D eigenvalue weighted by atomic mass is 32.2. The molecule has 3 saturated heterocycles. The molecule has 236 valence electrons. The molecule has 4 rings (SSSR count). The molecule has 9 heteroatoms. The number of aliphatic hydroxyl groups is 1. The molecule has 7 atom stereocenters. The van der Waals surface area contributed by atoms with E-state index in [-0.39, 0.29) is 35.5 Å². The molecule has 3 aliphatic rings. The largest absolute Gasteiger partial charge is 0.494 e. The summed E-state index contributed by atoms with van der Waals surface area (Å²) in [4.78, 5) is 48.9. The second kappa shape index (κ2) is 14.3. The van der Waals surface area contributed by atoms with Crippen molar-refractivity contribution >= 4 is 35.2 Å². The number of hydrogen-bond acceptors (Lipinski definition) is 6. The summed E-state index contributed by atoms with van der Waals surface area (Å²) < 4.78 is 4.88. The zero-order valence-electron chi connectivity index (χ0n) is 26.2. The standard InChI is InChI=1S/C34H49N3O5S/c1-7-12-21-35(19-8-2)33(41)30-34-18-17-27(43-34)28(29(34)32(40)37(30)26(22-38)23(6)10-4)31(39)36(20-9-3)24-13-15-25(16-14-24)42-11-5/h8-9,13-16,23,26-30,38H,2-3,7,10-12,17-22H2,1,4-6H3/t23-,26-,27-,28+,29-,30?,34?/m0/s1. The summed E-state index contributed by atoms with van der Waals surface area (Å²) in [5, 5.41) is 10.6. The lowest BCUT2D eigenvalue weighted by Gasteiger charge is -2.41. The van der Waals surface area contributed by atoms with Crippen LogP contribution in [0, 0.1) is 17.8 Å². The van der Waals surface area contributed by atoms with Gasteiger partial charge in [-0.05, 0) is 56.4 Å². The molecule has 43 heavy (non-hydrogen) atoms. The second-order valence-electron chi connectivity index (χ2n) is 12.0. The summed E-state index contributed by atoms with van der Waals surface area (Å²) in [6.45, 7) is 17.4. The first kappa shape index (κ1) is 33.1. The summed E-state index contributed by atoms with van der Waals surface area (Å²) in [6, 6.07) is 6.18. The van der Waals surface area contributed by atoms with Gasteiger partial charge in [-0.15, -0.1) is 24.9 Å². The first-order chi connectivity index (χ1) is 20.7. The SMILES string of the molecule is C=CCN(CCCC)C(=O)C1N([C@@H](CO)[C@@H](C)CC)C(=O)[C@@H]2[C@H](C(=O)N(CC=C)c3ccc(OCC)cc3)[C@@H]3CCC12S3. The number of likely N-dealkylation sites (tertiary alicyclic amines) is 1. The van der Waals surface area contributed by atoms with Crippen LogP contribution in [-0.2, 0) is 14.4 Å². The Balaban J connectivity index is 1.77. The van der Waals surface area contributed by atoms with Crippen LogP contribution < -0.4 is 9.64 Å². The van der Waals surface area contributed by atoms with Gasteiger partial charge in [0.1, 0.15) is 11.8 Å². The summed E-state index contributed by atoms with van der Waals surface area (Å²) in [6.07, 6.45) is 7.42. The molecule has 0 saturated carbocycles. The Morgan fingerprint density at radius 2 is 1.86 bits per heavy atom. The Bertz CT molecular complexity index is 1180. The monoisotopic (exact) mass is 611 g/mol. The average molecular weight is 612 g/mol. The summed E-state index contributed by atoms with van der Waals surface area (Å²) in [7, 11) is 0. The highest BCUT2D eigenvalue weighted by molar-refractivity contribution is 8.02. The highest BCUT2D eigenvalue weighted by Gasteiger charge is 2.74. The molecule has 1 aromatic rings. The third-order valence-electron chi connectivity index (χ3n) is 9.58. The van der Waals surface area contributed by atoms with E-state index in [0.717, 1.165) is 37.1 Å². The minimum atomic E-state index is -0.737. The first-order valence-electron chi connectivity index (χ1n) is 15.9. The lowest BCUT2D eigenvalue weighted by Crippen LogP contribution is -2.58. The van der Waals surface area contributed by atoms with E-state index >= 15 is 0 Å². The average Bonchev–Trinajstić information content (AvgIpc) is 3.66. The molecule has 2 unspecified atom stereocenters. The fourth-order valence-corrected chi connectivity index (χ4v) is 9.51. The van der Waals surface area contributed by atoms with Crippen molar-refractivity contribution in [2.24, 2.45) is 17.8 Å². The number of ether oxygens (including phenoxy) is 1. The van der Waals surface area contributed by atoms with Gasteiger partial charge in [0.2, 0.25) is 17.7 Å². The van der Waals surface area contributed by atoms with Crippen LogP contribution in [0.4, 0.5) is 5.69 Å². The highest BCUT2D eigenvalue weighted by Crippen LogP contribution is 2.67. The molecule has 0 aromatic heterocycles. The topological polar surface area (TPSA) is 90.4 Å². The van der Waals surface area contributed by atoms with Crippen LogP contribution in [0.15, 0.2) is 49.6 Å². The molecule has 2 bridgehead atoms. The van der Waals surface area contributed by atoms with Gasteiger partial charge >= 0.3 is 0 Å². The van der Waals surface area contributed by atoms with E-state index in [1.807, 2.05) is 49.9 Å². The lowest BCUT2D eigenvalue weighted by molar-refractivity contribution is -0.146. The van der Waals surface area contributed by atoms with Crippen LogP contribution in [0.3, 0.4) is 0 Å². The minimum Gasteiger partial charge on any atom is -0.494 e. The van der Waals surface area contributed by atoms with Gasteiger partial charge in [-0.1, -0.05) is 45.8 Å². The first-order valence-corrected chi connectivity index (χ1v) is 16.8. The van der Waals surface area contributed by atoms with Crippen LogP contribution in [0.2, 0.25) is 0 Å². The molecular formula is C34H49N3O5S. The molecule has 1 aromatic carbocycles. The van der Waals surface area contributed by atoms with Gasteiger partial charge < -0.3 is 24.5 Å². The number of amides is 3. The number of rotatable bonds is 16. The quantitative estimate of drug-likeness (QED) is 0.267. The summed E-state index contributed by atoms with van der Waals surface area (Å²) in [5.74, 6) is -0.887. The Hall–Kier alpha value is -2.78. The van der Waals surface area contributed by atoms with E-state index in [1.165, 1.54) is 0 Å². The third-order valence-corrected chi connectivity index (χ3v) is 11.5. The third kappa shape index (κ3) is 5.99. The molecule has 0 aliphatic carbocycles. The smallest absolute Gasteiger partial charge is 0.247 e. The Morgan fingerprint density at radius 1 is 1.16 bits per heavy atom. The number of thioether (sulfide) groups is 1. The number of carbonyl (C=O) groups excluding carboxylic acids is 3. The lowest BCUT2D eigenvalue weighted by atomic mass is 9.70. The van der Waals surface area contributed by atoms with Crippen molar-refractivity contribution in [1.82, 2.24) is 9.80 Å². The molecular weight excluding hydrogens is 562 g/mol. The summed E-state index contributed by atoms with van der Waals surface area (Å²) >= 11 is 1.67. The number of carbonyl (C=O) groups is 3. The number of nitrogens with zero attached hydrogens (tertiary/aromatic N) is 3. The van der Waals surface area contributed by atoms with Crippen molar-refractivity contribution in [3.63, 3.8) is 0 Å². The van der Waals surface area contributed by atoms with Crippen molar-refractivity contribution in [2.75, 3.05) is 37.7 Å². The van der Waals surface area contributed by atoms with Crippen molar-refractivity contribution < 1.29 is 24.2 Å². The maximum atomic E-state index is 14.7. The Morgan fingerprint density at radius 3 is 2.44 bits per heavy atom. The van der Waals surface area contributed by atoms with Crippen molar-refractivity contribution in [3.05, 3.63) is 49.6 Å². The molecule has 3 fully saturated rings. The zero-order valence-corrected chi connectivity index (χ0v) is 27.1. The van der Waals surface area contributed by atoms with E-state index in [4.69, 9.17) is 4.74 Å². The van der Waals surface area contributed by atoms with Gasteiger partial charge in [0.05, 0.1) is 35.8 Å². The predicted octanol–water partition coefficient (Wildman–Crippen LogP) is 4.92. The van der Waals surface area contributed by atoms with Crippen LogP contribution in [0.5, 0.6) is 5.75 Å². The number of benzene rings is 1. The van der Waals surface area contributed by atoms with Crippen molar-refractivity contribution in [2.45, 2.75) is 81.9 Å².